The van der Waals surface area contributed by atoms with Gasteiger partial charge in [-0.3, -0.25) is 9.89 Å². The molecule has 0 spiro atoms. The fourth-order valence-electron chi connectivity index (χ4n) is 2.10. The highest BCUT2D eigenvalue weighted by Crippen LogP contribution is 2.38. The number of nitrogens with one attached hydrogen (secondary N) is 2. The average Bonchev–Trinajstić information content (AvgIpc) is 3.25. The van der Waals surface area contributed by atoms with E-state index in [-0.39, 0.29) is 11.9 Å². The summed E-state index contributed by atoms with van der Waals surface area (Å²) in [4.78, 5) is 16.4. The summed E-state index contributed by atoms with van der Waals surface area (Å²) in [6, 6.07) is 9.94. The number of hydrogen-bond donors (Lipinski definition) is 2. The van der Waals surface area contributed by atoms with Crippen LogP contribution in [0.3, 0.4) is 0 Å². The number of thioether (sulfide) groups is 1. The fourth-order valence-corrected chi connectivity index (χ4v) is 2.72. The molecule has 1 heterocycles. The van der Waals surface area contributed by atoms with Crippen LogP contribution in [0, 0.1) is 0 Å². The highest BCUT2D eigenvalue weighted by atomic mass is 32.2. The Morgan fingerprint density at radius 3 is 2.90 bits per heavy atom. The Balaban J connectivity index is 1.47. The summed E-state index contributed by atoms with van der Waals surface area (Å²) in [6.07, 6.45) is 2.38. The Hall–Kier alpha value is -1.82. The number of rotatable bonds is 6. The highest BCUT2D eigenvalue weighted by Gasteiger charge is 2.27. The van der Waals surface area contributed by atoms with Crippen LogP contribution in [0.4, 0.5) is 0 Å². The monoisotopic (exact) mass is 302 g/mol. The number of benzene rings is 1. The van der Waals surface area contributed by atoms with Gasteiger partial charge in [-0.1, -0.05) is 42.1 Å². The first-order valence-electron chi connectivity index (χ1n) is 7.12. The molecule has 1 unspecified atom stereocenters. The van der Waals surface area contributed by atoms with Gasteiger partial charge in [0.15, 0.2) is 0 Å². The molecule has 5 nitrogen and oxygen atoms in total. The molecule has 6 heteroatoms. The van der Waals surface area contributed by atoms with E-state index in [2.05, 4.69) is 20.5 Å². The van der Waals surface area contributed by atoms with Crippen molar-refractivity contribution < 1.29 is 4.79 Å². The first-order chi connectivity index (χ1) is 10.2. The van der Waals surface area contributed by atoms with E-state index in [0.29, 0.717) is 16.8 Å². The van der Waals surface area contributed by atoms with Gasteiger partial charge in [-0.05, 0) is 25.3 Å². The van der Waals surface area contributed by atoms with Crippen LogP contribution in [0.15, 0.2) is 35.5 Å². The zero-order chi connectivity index (χ0) is 14.7. The van der Waals surface area contributed by atoms with Gasteiger partial charge < -0.3 is 5.32 Å². The van der Waals surface area contributed by atoms with Crippen LogP contribution in [0.2, 0.25) is 0 Å². The quantitative estimate of drug-likeness (QED) is 0.805. The summed E-state index contributed by atoms with van der Waals surface area (Å²) < 4.78 is 0. The van der Waals surface area contributed by atoms with Gasteiger partial charge in [0.2, 0.25) is 11.1 Å². The molecule has 21 heavy (non-hydrogen) atoms. The van der Waals surface area contributed by atoms with Crippen molar-refractivity contribution in [2.24, 2.45) is 0 Å². The van der Waals surface area contributed by atoms with Crippen molar-refractivity contribution in [1.82, 2.24) is 20.5 Å². The maximum absolute atomic E-state index is 12.0. The summed E-state index contributed by atoms with van der Waals surface area (Å²) >= 11 is 1.37. The third-order valence-corrected chi connectivity index (χ3v) is 4.30. The maximum atomic E-state index is 12.0. The summed E-state index contributed by atoms with van der Waals surface area (Å²) in [5.41, 5.74) is 1.10. The normalized spacial score (nSPS) is 15.7. The molecule has 1 aromatic carbocycles. The number of aromatic amines is 1. The van der Waals surface area contributed by atoms with Crippen LogP contribution in [0.5, 0.6) is 0 Å². The van der Waals surface area contributed by atoms with Crippen molar-refractivity contribution in [3.63, 3.8) is 0 Å². The van der Waals surface area contributed by atoms with Crippen LogP contribution < -0.4 is 5.32 Å². The van der Waals surface area contributed by atoms with Crippen LogP contribution in [0.1, 0.15) is 43.1 Å². The molecule has 0 radical (unpaired) electrons. The number of aromatic nitrogens is 3. The number of H-pyrrole nitrogens is 1. The van der Waals surface area contributed by atoms with Gasteiger partial charge in [0.05, 0.1) is 11.8 Å². The lowest BCUT2D eigenvalue weighted by molar-refractivity contribution is -0.119. The topological polar surface area (TPSA) is 70.7 Å². The lowest BCUT2D eigenvalue weighted by Crippen LogP contribution is -2.28. The average molecular weight is 302 g/mol. The Labute approximate surface area is 127 Å². The molecule has 1 amide bonds. The minimum Gasteiger partial charge on any atom is -0.349 e. The number of carbonyl (C=O) groups excluding carboxylic acids is 1. The number of nitrogens with zero attached hydrogens (tertiary/aromatic N) is 2. The molecular weight excluding hydrogens is 284 g/mol. The van der Waals surface area contributed by atoms with E-state index in [1.165, 1.54) is 24.6 Å². The SMILES string of the molecule is CC(NC(=O)CSc1n[nH]c(C2CC2)n1)c1ccccc1. The molecule has 1 aliphatic carbocycles. The van der Waals surface area contributed by atoms with Crippen molar-refractivity contribution in [2.75, 3.05) is 5.75 Å². The molecule has 2 N–H and O–H groups in total. The minimum absolute atomic E-state index is 0.00544. The Bertz CT molecular complexity index is 609. The van der Waals surface area contributed by atoms with Gasteiger partial charge in [-0.25, -0.2) is 4.98 Å². The molecule has 1 aliphatic rings. The van der Waals surface area contributed by atoms with E-state index in [1.807, 2.05) is 37.3 Å². The second-order valence-corrected chi connectivity index (χ2v) is 6.21. The van der Waals surface area contributed by atoms with Crippen LogP contribution in [-0.2, 0) is 4.79 Å². The molecular formula is C15H18N4OS. The van der Waals surface area contributed by atoms with Gasteiger partial charge >= 0.3 is 0 Å². The lowest BCUT2D eigenvalue weighted by Gasteiger charge is -2.13. The summed E-state index contributed by atoms with van der Waals surface area (Å²) in [6.45, 7) is 1.98. The van der Waals surface area contributed by atoms with Gasteiger partial charge in [0, 0.05) is 5.92 Å². The van der Waals surface area contributed by atoms with E-state index in [1.54, 1.807) is 0 Å². The molecule has 1 aromatic heterocycles. The molecule has 0 aliphatic heterocycles. The molecule has 0 bridgehead atoms. The minimum atomic E-state index is -0.00544. The molecule has 1 atom stereocenters. The number of amides is 1. The van der Waals surface area contributed by atoms with E-state index in [9.17, 15) is 4.79 Å². The molecule has 3 rings (SSSR count). The van der Waals surface area contributed by atoms with E-state index in [0.717, 1.165) is 11.4 Å². The van der Waals surface area contributed by atoms with Crippen molar-refractivity contribution in [3.8, 4) is 0 Å². The predicted octanol–water partition coefficient (Wildman–Crippen LogP) is 2.65. The number of hydrogen-bond acceptors (Lipinski definition) is 4. The van der Waals surface area contributed by atoms with E-state index < -0.39 is 0 Å². The molecule has 1 fully saturated rings. The lowest BCUT2D eigenvalue weighted by atomic mass is 10.1. The largest absolute Gasteiger partial charge is 0.349 e. The Kier molecular flexibility index (Phi) is 4.24. The van der Waals surface area contributed by atoms with E-state index >= 15 is 0 Å². The van der Waals surface area contributed by atoms with Crippen molar-refractivity contribution in [2.45, 2.75) is 36.9 Å². The van der Waals surface area contributed by atoms with Crippen molar-refractivity contribution in [1.29, 1.82) is 0 Å². The Morgan fingerprint density at radius 1 is 1.43 bits per heavy atom. The van der Waals surface area contributed by atoms with Gasteiger partial charge in [0.1, 0.15) is 5.82 Å². The van der Waals surface area contributed by atoms with E-state index in [4.69, 9.17) is 0 Å². The molecule has 2 aromatic rings. The van der Waals surface area contributed by atoms with Crippen LogP contribution in [0.25, 0.3) is 0 Å². The van der Waals surface area contributed by atoms with Gasteiger partial charge in [0.25, 0.3) is 0 Å². The third kappa shape index (κ3) is 3.85. The fraction of sp³-hybridized carbons (Fsp3) is 0.400. The second kappa shape index (κ2) is 6.30. The predicted molar refractivity (Wildman–Crippen MR) is 82.1 cm³/mol. The third-order valence-electron chi connectivity index (χ3n) is 3.46. The number of carbonyl (C=O) groups is 1. The standard InChI is InChI=1S/C15H18N4OS/c1-10(11-5-3-2-4-6-11)16-13(20)9-21-15-17-14(18-19-15)12-7-8-12/h2-6,10,12H,7-9H2,1H3,(H,16,20)(H,17,18,19). The van der Waals surface area contributed by atoms with Gasteiger partial charge in [-0.15, -0.1) is 5.10 Å². The van der Waals surface area contributed by atoms with Crippen LogP contribution in [-0.4, -0.2) is 26.8 Å². The highest BCUT2D eigenvalue weighted by molar-refractivity contribution is 7.99. The zero-order valence-corrected chi connectivity index (χ0v) is 12.7. The maximum Gasteiger partial charge on any atom is 0.230 e. The first-order valence-corrected chi connectivity index (χ1v) is 8.10. The molecule has 110 valence electrons. The Morgan fingerprint density at radius 2 is 2.19 bits per heavy atom. The first kappa shape index (κ1) is 14.1. The zero-order valence-electron chi connectivity index (χ0n) is 11.9. The summed E-state index contributed by atoms with van der Waals surface area (Å²) in [5, 5.41) is 10.7. The molecule has 1 saturated carbocycles. The second-order valence-electron chi connectivity index (χ2n) is 5.27. The summed E-state index contributed by atoms with van der Waals surface area (Å²) in [7, 11) is 0. The van der Waals surface area contributed by atoms with Crippen LogP contribution >= 0.6 is 11.8 Å². The van der Waals surface area contributed by atoms with Crippen molar-refractivity contribution in [3.05, 3.63) is 41.7 Å². The van der Waals surface area contributed by atoms with Crippen molar-refractivity contribution >= 4 is 17.7 Å². The molecule has 0 saturated heterocycles. The van der Waals surface area contributed by atoms with Gasteiger partial charge in [-0.2, -0.15) is 0 Å². The smallest absolute Gasteiger partial charge is 0.230 e. The summed E-state index contributed by atoms with van der Waals surface area (Å²) in [5.74, 6) is 1.84.